The first-order valence-electron chi connectivity index (χ1n) is 5.62. The van der Waals surface area contributed by atoms with E-state index in [4.69, 9.17) is 10.2 Å². The zero-order valence-electron chi connectivity index (χ0n) is 10.2. The van der Waals surface area contributed by atoms with Gasteiger partial charge in [-0.2, -0.15) is 0 Å². The third kappa shape index (κ3) is 1.91. The summed E-state index contributed by atoms with van der Waals surface area (Å²) in [6, 6.07) is 5.88. The van der Waals surface area contributed by atoms with E-state index in [1.807, 2.05) is 37.4 Å². The van der Waals surface area contributed by atoms with Gasteiger partial charge in [0.25, 0.3) is 0 Å². The Labute approximate surface area is 108 Å². The zero-order valence-corrected chi connectivity index (χ0v) is 11.0. The quantitative estimate of drug-likeness (QED) is 0.767. The Bertz CT molecular complexity index is 693. The number of hydrogen-bond donors (Lipinski definition) is 1. The van der Waals surface area contributed by atoms with Gasteiger partial charge in [-0.25, -0.2) is 9.97 Å². The maximum Gasteiger partial charge on any atom is 0.181 e. The average Bonchev–Trinajstić information content (AvgIpc) is 2.96. The second-order valence-corrected chi connectivity index (χ2v) is 5.65. The topological polar surface area (TPSA) is 64.9 Å². The number of fused-ring (bicyclic) bond motifs is 1. The Balaban J connectivity index is 2.06. The summed E-state index contributed by atoms with van der Waals surface area (Å²) in [7, 11) is 0. The van der Waals surface area contributed by atoms with E-state index in [-0.39, 0.29) is 0 Å². The lowest BCUT2D eigenvalue weighted by Gasteiger charge is -2.14. The van der Waals surface area contributed by atoms with Crippen molar-refractivity contribution in [3.8, 4) is 10.6 Å². The van der Waals surface area contributed by atoms with Gasteiger partial charge in [-0.1, -0.05) is 0 Å². The van der Waals surface area contributed by atoms with Crippen molar-refractivity contribution in [1.29, 1.82) is 0 Å². The van der Waals surface area contributed by atoms with Crippen molar-refractivity contribution in [1.82, 2.24) is 9.97 Å². The van der Waals surface area contributed by atoms with Gasteiger partial charge in [-0.3, -0.25) is 0 Å². The van der Waals surface area contributed by atoms with Crippen molar-refractivity contribution in [2.24, 2.45) is 5.73 Å². The predicted octanol–water partition coefficient (Wildman–Crippen LogP) is 3.15. The third-order valence-electron chi connectivity index (χ3n) is 2.74. The van der Waals surface area contributed by atoms with Crippen LogP contribution in [0.1, 0.15) is 19.5 Å². The third-order valence-corrected chi connectivity index (χ3v) is 3.63. The largest absolute Gasteiger partial charge is 0.443 e. The minimum absolute atomic E-state index is 0.412. The molecule has 18 heavy (non-hydrogen) atoms. The number of rotatable bonds is 2. The molecule has 2 N–H and O–H groups in total. The maximum atomic E-state index is 6.04. The Kier molecular flexibility index (Phi) is 2.46. The number of oxazole rings is 1. The molecule has 0 aliphatic carbocycles. The zero-order chi connectivity index (χ0) is 12.8. The monoisotopic (exact) mass is 259 g/mol. The van der Waals surface area contributed by atoms with Gasteiger partial charge >= 0.3 is 0 Å². The van der Waals surface area contributed by atoms with E-state index in [1.54, 1.807) is 11.3 Å². The number of thiazole rings is 1. The molecule has 5 heteroatoms. The summed E-state index contributed by atoms with van der Waals surface area (Å²) in [5.74, 6) is 0. The van der Waals surface area contributed by atoms with E-state index in [0.29, 0.717) is 0 Å². The van der Waals surface area contributed by atoms with Gasteiger partial charge in [0.15, 0.2) is 12.0 Å². The van der Waals surface area contributed by atoms with Crippen molar-refractivity contribution in [3.63, 3.8) is 0 Å². The molecule has 0 fully saturated rings. The molecule has 4 nitrogen and oxygen atoms in total. The first kappa shape index (κ1) is 11.4. The number of aromatic nitrogens is 2. The lowest BCUT2D eigenvalue weighted by atomic mass is 10.0. The highest BCUT2D eigenvalue weighted by Gasteiger charge is 2.18. The summed E-state index contributed by atoms with van der Waals surface area (Å²) in [6.45, 7) is 3.90. The number of benzene rings is 1. The SMILES string of the molecule is CC(C)(N)c1csc(-c2ccc3ncoc3c2)n1. The second kappa shape index (κ2) is 3.90. The Morgan fingerprint density at radius 1 is 1.33 bits per heavy atom. The van der Waals surface area contributed by atoms with Crippen LogP contribution < -0.4 is 5.73 Å². The lowest BCUT2D eigenvalue weighted by Crippen LogP contribution is -2.28. The van der Waals surface area contributed by atoms with E-state index in [0.717, 1.165) is 27.4 Å². The standard InChI is InChI=1S/C13H13N3OS/c1-13(2,14)11-6-18-12(16-11)8-3-4-9-10(5-8)17-7-15-9/h3-7H,14H2,1-2H3. The van der Waals surface area contributed by atoms with Gasteiger partial charge < -0.3 is 10.2 Å². The van der Waals surface area contributed by atoms with Gasteiger partial charge in [0.2, 0.25) is 0 Å². The minimum Gasteiger partial charge on any atom is -0.443 e. The molecule has 0 aliphatic rings. The molecular formula is C13H13N3OS. The highest BCUT2D eigenvalue weighted by atomic mass is 32.1. The van der Waals surface area contributed by atoms with E-state index >= 15 is 0 Å². The van der Waals surface area contributed by atoms with Crippen LogP contribution >= 0.6 is 11.3 Å². The molecule has 92 valence electrons. The van der Waals surface area contributed by atoms with Crippen LogP contribution in [-0.2, 0) is 5.54 Å². The van der Waals surface area contributed by atoms with Crippen molar-refractivity contribution in [2.75, 3.05) is 0 Å². The molecule has 0 bridgehead atoms. The smallest absolute Gasteiger partial charge is 0.181 e. The van der Waals surface area contributed by atoms with Crippen LogP contribution in [0.2, 0.25) is 0 Å². The van der Waals surface area contributed by atoms with Crippen LogP contribution in [0.3, 0.4) is 0 Å². The fraction of sp³-hybridized carbons (Fsp3) is 0.231. The predicted molar refractivity (Wildman–Crippen MR) is 72.3 cm³/mol. The fourth-order valence-corrected chi connectivity index (χ4v) is 2.68. The molecule has 1 aromatic carbocycles. The summed E-state index contributed by atoms with van der Waals surface area (Å²) in [4.78, 5) is 8.67. The molecule has 0 radical (unpaired) electrons. The lowest BCUT2D eigenvalue weighted by molar-refractivity contribution is 0.539. The Morgan fingerprint density at radius 2 is 2.17 bits per heavy atom. The van der Waals surface area contributed by atoms with E-state index < -0.39 is 5.54 Å². The molecule has 2 aromatic heterocycles. The second-order valence-electron chi connectivity index (χ2n) is 4.79. The Morgan fingerprint density at radius 3 is 2.89 bits per heavy atom. The maximum absolute atomic E-state index is 6.04. The number of nitrogens with zero attached hydrogens (tertiary/aromatic N) is 2. The van der Waals surface area contributed by atoms with Gasteiger partial charge in [-0.05, 0) is 32.0 Å². The molecule has 3 rings (SSSR count). The summed E-state index contributed by atoms with van der Waals surface area (Å²) in [5, 5.41) is 2.95. The van der Waals surface area contributed by atoms with Crippen LogP contribution in [0.15, 0.2) is 34.4 Å². The molecular weight excluding hydrogens is 246 g/mol. The first-order valence-corrected chi connectivity index (χ1v) is 6.50. The summed E-state index contributed by atoms with van der Waals surface area (Å²) >= 11 is 1.59. The van der Waals surface area contributed by atoms with E-state index in [2.05, 4.69) is 9.97 Å². The first-order chi connectivity index (χ1) is 8.54. The molecule has 0 atom stereocenters. The van der Waals surface area contributed by atoms with Crippen LogP contribution in [0, 0.1) is 0 Å². The number of nitrogens with two attached hydrogens (primary N) is 1. The summed E-state index contributed by atoms with van der Waals surface area (Å²) in [5.41, 5.74) is 9.19. The molecule has 0 saturated heterocycles. The highest BCUT2D eigenvalue weighted by Crippen LogP contribution is 2.29. The molecule has 2 heterocycles. The van der Waals surface area contributed by atoms with Gasteiger partial charge in [0, 0.05) is 10.9 Å². The van der Waals surface area contributed by atoms with E-state index in [1.165, 1.54) is 6.39 Å². The fourth-order valence-electron chi connectivity index (χ4n) is 1.69. The minimum atomic E-state index is -0.412. The molecule has 3 aromatic rings. The van der Waals surface area contributed by atoms with Gasteiger partial charge in [-0.15, -0.1) is 11.3 Å². The molecule has 0 unspecified atom stereocenters. The normalized spacial score (nSPS) is 12.2. The Hall–Kier alpha value is -1.72. The van der Waals surface area contributed by atoms with Crippen LogP contribution in [0.25, 0.3) is 21.7 Å². The van der Waals surface area contributed by atoms with Crippen LogP contribution in [-0.4, -0.2) is 9.97 Å². The molecule has 0 spiro atoms. The average molecular weight is 259 g/mol. The molecule has 0 aliphatic heterocycles. The van der Waals surface area contributed by atoms with Crippen molar-refractivity contribution < 1.29 is 4.42 Å². The van der Waals surface area contributed by atoms with Crippen molar-refractivity contribution in [3.05, 3.63) is 35.7 Å². The van der Waals surface area contributed by atoms with Crippen molar-refractivity contribution in [2.45, 2.75) is 19.4 Å². The van der Waals surface area contributed by atoms with Gasteiger partial charge in [0.05, 0.1) is 11.2 Å². The van der Waals surface area contributed by atoms with Crippen LogP contribution in [0.4, 0.5) is 0 Å². The number of hydrogen-bond acceptors (Lipinski definition) is 5. The summed E-state index contributed by atoms with van der Waals surface area (Å²) < 4.78 is 5.30. The summed E-state index contributed by atoms with van der Waals surface area (Å²) in [6.07, 6.45) is 1.45. The molecule has 0 amide bonds. The van der Waals surface area contributed by atoms with Crippen molar-refractivity contribution >= 4 is 22.4 Å². The van der Waals surface area contributed by atoms with Gasteiger partial charge in [0.1, 0.15) is 10.5 Å². The van der Waals surface area contributed by atoms with Crippen LogP contribution in [0.5, 0.6) is 0 Å². The van der Waals surface area contributed by atoms with E-state index in [9.17, 15) is 0 Å². The molecule has 0 saturated carbocycles. The highest BCUT2D eigenvalue weighted by molar-refractivity contribution is 7.13.